The van der Waals surface area contributed by atoms with E-state index in [0.717, 1.165) is 25.9 Å². The molecule has 1 saturated heterocycles. The minimum Gasteiger partial charge on any atom is -0.363 e. The number of halogens is 2. The van der Waals surface area contributed by atoms with Crippen LogP contribution in [0.25, 0.3) is 0 Å². The number of nitrogens with one attached hydrogen (secondary N) is 1. The predicted molar refractivity (Wildman–Crippen MR) is 79.0 cm³/mol. The Morgan fingerprint density at radius 2 is 2.10 bits per heavy atom. The first-order valence-electron chi connectivity index (χ1n) is 7.46. The molecule has 1 aliphatic heterocycles. The lowest BCUT2D eigenvalue weighted by Gasteiger charge is -2.42. The Labute approximate surface area is 120 Å². The summed E-state index contributed by atoms with van der Waals surface area (Å²) in [5, 5.41) is 3.53. The summed E-state index contributed by atoms with van der Waals surface area (Å²) in [6, 6.07) is 4.26. The van der Waals surface area contributed by atoms with E-state index in [1.807, 2.05) is 4.90 Å². The number of benzene rings is 1. The van der Waals surface area contributed by atoms with Crippen LogP contribution in [0, 0.1) is 17.6 Å². The average Bonchev–Trinajstić information content (AvgIpc) is 2.41. The van der Waals surface area contributed by atoms with Crippen LogP contribution in [0.3, 0.4) is 0 Å². The summed E-state index contributed by atoms with van der Waals surface area (Å²) in [5.41, 5.74) is 0.395. The highest BCUT2D eigenvalue weighted by atomic mass is 19.1. The first kappa shape index (κ1) is 15.2. The molecule has 0 saturated carbocycles. The molecule has 0 amide bonds. The molecule has 1 aliphatic rings. The number of hydrogen-bond donors (Lipinski definition) is 1. The highest BCUT2D eigenvalue weighted by Crippen LogP contribution is 2.26. The van der Waals surface area contributed by atoms with Gasteiger partial charge in [0, 0.05) is 31.2 Å². The Kier molecular flexibility index (Phi) is 4.97. The summed E-state index contributed by atoms with van der Waals surface area (Å²) in [5.74, 6) is -0.130. The average molecular weight is 282 g/mol. The maximum atomic E-state index is 14.0. The third kappa shape index (κ3) is 3.48. The van der Waals surface area contributed by atoms with Gasteiger partial charge in [-0.25, -0.2) is 8.78 Å². The monoisotopic (exact) mass is 282 g/mol. The van der Waals surface area contributed by atoms with Gasteiger partial charge in [-0.05, 0) is 30.9 Å². The smallest absolute Gasteiger partial charge is 0.146 e. The zero-order chi connectivity index (χ0) is 14.7. The molecular weight excluding hydrogens is 258 g/mol. The maximum absolute atomic E-state index is 14.0. The lowest BCUT2D eigenvalue weighted by Crippen LogP contribution is -2.57. The molecule has 1 fully saturated rings. The van der Waals surface area contributed by atoms with E-state index in [2.05, 4.69) is 26.1 Å². The first-order chi connectivity index (χ1) is 9.51. The number of nitrogens with zero attached hydrogens (tertiary/aromatic N) is 1. The van der Waals surface area contributed by atoms with Crippen molar-refractivity contribution in [2.45, 2.75) is 45.7 Å². The number of rotatable bonds is 4. The molecule has 0 spiro atoms. The normalized spacial score (nSPS) is 23.4. The van der Waals surface area contributed by atoms with E-state index in [9.17, 15) is 8.78 Å². The molecule has 0 aliphatic carbocycles. The van der Waals surface area contributed by atoms with E-state index in [0.29, 0.717) is 17.6 Å². The molecule has 0 radical (unpaired) electrons. The van der Waals surface area contributed by atoms with Gasteiger partial charge in [0.1, 0.15) is 11.6 Å². The van der Waals surface area contributed by atoms with Crippen molar-refractivity contribution in [1.29, 1.82) is 0 Å². The SMILES string of the molecule is CCC1CNC(CC(C)C)CN1c1cc(F)ccc1F. The zero-order valence-electron chi connectivity index (χ0n) is 12.5. The molecule has 1 aromatic rings. The van der Waals surface area contributed by atoms with Gasteiger partial charge in [-0.2, -0.15) is 0 Å². The molecule has 112 valence electrons. The number of hydrogen-bond acceptors (Lipinski definition) is 2. The Morgan fingerprint density at radius 3 is 2.75 bits per heavy atom. The highest BCUT2D eigenvalue weighted by Gasteiger charge is 2.29. The minimum atomic E-state index is -0.379. The largest absolute Gasteiger partial charge is 0.363 e. The minimum absolute atomic E-state index is 0.217. The van der Waals surface area contributed by atoms with Gasteiger partial charge in [0.05, 0.1) is 5.69 Å². The van der Waals surface area contributed by atoms with Crippen LogP contribution in [0.2, 0.25) is 0 Å². The molecule has 2 nitrogen and oxygen atoms in total. The molecule has 2 unspecified atom stereocenters. The third-order valence-electron chi connectivity index (χ3n) is 3.94. The molecule has 1 N–H and O–H groups in total. The van der Waals surface area contributed by atoms with Crippen molar-refractivity contribution in [1.82, 2.24) is 5.32 Å². The van der Waals surface area contributed by atoms with Crippen LogP contribution in [0.4, 0.5) is 14.5 Å². The van der Waals surface area contributed by atoms with Crippen LogP contribution in [0.15, 0.2) is 18.2 Å². The summed E-state index contributed by atoms with van der Waals surface area (Å²) >= 11 is 0. The fraction of sp³-hybridized carbons (Fsp3) is 0.625. The Hall–Kier alpha value is -1.16. The second-order valence-electron chi connectivity index (χ2n) is 6.04. The molecular formula is C16H24F2N2. The van der Waals surface area contributed by atoms with Crippen molar-refractivity contribution in [3.63, 3.8) is 0 Å². The topological polar surface area (TPSA) is 15.3 Å². The summed E-state index contributed by atoms with van der Waals surface area (Å²) in [6.07, 6.45) is 1.96. The molecule has 20 heavy (non-hydrogen) atoms. The fourth-order valence-corrected chi connectivity index (χ4v) is 2.96. The molecule has 1 aromatic carbocycles. The summed E-state index contributed by atoms with van der Waals surface area (Å²) in [7, 11) is 0. The molecule has 0 bridgehead atoms. The number of piperazine rings is 1. The molecule has 2 rings (SSSR count). The van der Waals surface area contributed by atoms with Gasteiger partial charge >= 0.3 is 0 Å². The van der Waals surface area contributed by atoms with Crippen molar-refractivity contribution < 1.29 is 8.78 Å². The Balaban J connectivity index is 2.22. The van der Waals surface area contributed by atoms with Gasteiger partial charge in [0.15, 0.2) is 0 Å². The Bertz CT molecular complexity index is 448. The van der Waals surface area contributed by atoms with Crippen molar-refractivity contribution in [2.75, 3.05) is 18.0 Å². The molecule has 2 atom stereocenters. The van der Waals surface area contributed by atoms with Crippen LogP contribution in [0.1, 0.15) is 33.6 Å². The predicted octanol–water partition coefficient (Wildman–Crippen LogP) is 3.57. The quantitative estimate of drug-likeness (QED) is 0.908. The second kappa shape index (κ2) is 6.53. The van der Waals surface area contributed by atoms with Crippen LogP contribution >= 0.6 is 0 Å². The van der Waals surface area contributed by atoms with Gasteiger partial charge in [0.2, 0.25) is 0 Å². The summed E-state index contributed by atoms with van der Waals surface area (Å²) < 4.78 is 27.5. The Morgan fingerprint density at radius 1 is 1.35 bits per heavy atom. The van der Waals surface area contributed by atoms with Crippen molar-refractivity contribution in [3.05, 3.63) is 29.8 Å². The molecule has 0 aromatic heterocycles. The van der Waals surface area contributed by atoms with Crippen LogP contribution in [-0.4, -0.2) is 25.2 Å². The van der Waals surface area contributed by atoms with Gasteiger partial charge in [-0.1, -0.05) is 20.8 Å². The number of anilines is 1. The lowest BCUT2D eigenvalue weighted by molar-refractivity contribution is 0.341. The first-order valence-corrected chi connectivity index (χ1v) is 7.46. The van der Waals surface area contributed by atoms with E-state index in [1.54, 1.807) is 0 Å². The van der Waals surface area contributed by atoms with E-state index in [-0.39, 0.29) is 17.7 Å². The van der Waals surface area contributed by atoms with Crippen LogP contribution < -0.4 is 10.2 Å². The molecule has 1 heterocycles. The van der Waals surface area contributed by atoms with E-state index >= 15 is 0 Å². The van der Waals surface area contributed by atoms with E-state index in [4.69, 9.17) is 0 Å². The van der Waals surface area contributed by atoms with E-state index in [1.165, 1.54) is 18.2 Å². The van der Waals surface area contributed by atoms with Crippen molar-refractivity contribution in [3.8, 4) is 0 Å². The second-order valence-corrected chi connectivity index (χ2v) is 6.04. The highest BCUT2D eigenvalue weighted by molar-refractivity contribution is 5.50. The standard InChI is InChI=1S/C16H24F2N2/c1-4-14-9-19-13(7-11(2)3)10-20(14)16-8-12(17)5-6-15(16)18/h5-6,8,11,13-14,19H,4,7,9-10H2,1-3H3. The van der Waals surface area contributed by atoms with E-state index < -0.39 is 0 Å². The lowest BCUT2D eigenvalue weighted by atomic mass is 9.98. The van der Waals surface area contributed by atoms with Crippen LogP contribution in [-0.2, 0) is 0 Å². The van der Waals surface area contributed by atoms with Crippen molar-refractivity contribution in [2.24, 2.45) is 5.92 Å². The van der Waals surface area contributed by atoms with Gasteiger partial charge in [0.25, 0.3) is 0 Å². The van der Waals surface area contributed by atoms with Gasteiger partial charge in [-0.3, -0.25) is 0 Å². The summed E-state index contributed by atoms with van der Waals surface area (Å²) in [6.45, 7) is 8.00. The van der Waals surface area contributed by atoms with Gasteiger partial charge < -0.3 is 10.2 Å². The summed E-state index contributed by atoms with van der Waals surface area (Å²) in [4.78, 5) is 2.03. The van der Waals surface area contributed by atoms with Crippen LogP contribution in [0.5, 0.6) is 0 Å². The van der Waals surface area contributed by atoms with Crippen molar-refractivity contribution >= 4 is 5.69 Å². The zero-order valence-corrected chi connectivity index (χ0v) is 12.5. The van der Waals surface area contributed by atoms with Gasteiger partial charge in [-0.15, -0.1) is 0 Å². The fourth-order valence-electron chi connectivity index (χ4n) is 2.96. The molecule has 4 heteroatoms. The maximum Gasteiger partial charge on any atom is 0.146 e. The third-order valence-corrected chi connectivity index (χ3v) is 3.94.